The number of carbonyl (C=O) groups excluding carboxylic acids is 1. The van der Waals surface area contributed by atoms with Crippen LogP contribution in [0.2, 0.25) is 0 Å². The van der Waals surface area contributed by atoms with Crippen LogP contribution in [0.4, 0.5) is 20.0 Å². The van der Waals surface area contributed by atoms with E-state index in [1.807, 2.05) is 6.07 Å². The van der Waals surface area contributed by atoms with Crippen molar-refractivity contribution < 1.29 is 13.9 Å². The molecule has 3 aromatic rings. The maximum Gasteiger partial charge on any atom is 0.325 e. The van der Waals surface area contributed by atoms with E-state index in [9.17, 15) is 9.18 Å². The smallest absolute Gasteiger partial charge is 0.325 e. The van der Waals surface area contributed by atoms with Crippen molar-refractivity contribution in [2.24, 2.45) is 0 Å². The predicted octanol–water partition coefficient (Wildman–Crippen LogP) is 4.60. The number of hydrogen-bond donors (Lipinski definition) is 2. The minimum Gasteiger partial charge on any atom is -0.495 e. The maximum atomic E-state index is 13.0. The fraction of sp³-hybridized carbons (Fsp3) is 0.0588. The predicted molar refractivity (Wildman–Crippen MR) is 93.1 cm³/mol. The van der Waals surface area contributed by atoms with Gasteiger partial charge in [0.1, 0.15) is 11.6 Å². The number of hydrogen-bond acceptors (Lipinski definition) is 4. The Morgan fingerprint density at radius 1 is 1.12 bits per heavy atom. The zero-order valence-electron chi connectivity index (χ0n) is 12.7. The first-order valence-corrected chi connectivity index (χ1v) is 7.96. The molecule has 2 aromatic carbocycles. The van der Waals surface area contributed by atoms with E-state index in [0.717, 1.165) is 5.56 Å². The zero-order valence-corrected chi connectivity index (χ0v) is 13.6. The van der Waals surface area contributed by atoms with Crippen LogP contribution in [-0.4, -0.2) is 18.1 Å². The van der Waals surface area contributed by atoms with Gasteiger partial charge in [0.25, 0.3) is 0 Å². The second-order valence-corrected chi connectivity index (χ2v) is 5.68. The molecule has 0 fully saturated rings. The van der Waals surface area contributed by atoms with E-state index in [2.05, 4.69) is 15.6 Å². The van der Waals surface area contributed by atoms with Gasteiger partial charge in [-0.25, -0.2) is 14.2 Å². The SMILES string of the molecule is COc1ccccc1NC(=O)Nc1nc(-c2ccc(F)cc2)cs1. The molecule has 0 spiro atoms. The number of nitrogens with one attached hydrogen (secondary N) is 2. The highest BCUT2D eigenvalue weighted by Crippen LogP contribution is 2.26. The molecule has 0 atom stereocenters. The minimum absolute atomic E-state index is 0.302. The number of amides is 2. The van der Waals surface area contributed by atoms with Crippen molar-refractivity contribution in [2.75, 3.05) is 17.7 Å². The number of ether oxygens (including phenoxy) is 1. The molecule has 122 valence electrons. The molecule has 1 heterocycles. The summed E-state index contributed by atoms with van der Waals surface area (Å²) in [5.74, 6) is 0.266. The highest BCUT2D eigenvalue weighted by molar-refractivity contribution is 7.14. The van der Waals surface area contributed by atoms with Crippen LogP contribution < -0.4 is 15.4 Å². The molecule has 0 aliphatic carbocycles. The van der Waals surface area contributed by atoms with E-state index in [1.165, 1.54) is 30.6 Å². The monoisotopic (exact) mass is 343 g/mol. The van der Waals surface area contributed by atoms with Crippen LogP contribution >= 0.6 is 11.3 Å². The van der Waals surface area contributed by atoms with Gasteiger partial charge >= 0.3 is 6.03 Å². The third kappa shape index (κ3) is 3.69. The number of thiazole rings is 1. The molecule has 0 saturated heterocycles. The Morgan fingerprint density at radius 2 is 1.88 bits per heavy atom. The number of benzene rings is 2. The van der Waals surface area contributed by atoms with E-state index < -0.39 is 6.03 Å². The summed E-state index contributed by atoms with van der Waals surface area (Å²) >= 11 is 1.29. The zero-order chi connectivity index (χ0) is 16.9. The highest BCUT2D eigenvalue weighted by atomic mass is 32.1. The molecular weight excluding hydrogens is 329 g/mol. The van der Waals surface area contributed by atoms with Gasteiger partial charge in [0.15, 0.2) is 5.13 Å². The largest absolute Gasteiger partial charge is 0.495 e. The number of methoxy groups -OCH3 is 1. The Balaban J connectivity index is 1.68. The van der Waals surface area contributed by atoms with Gasteiger partial charge < -0.3 is 10.1 Å². The summed E-state index contributed by atoms with van der Waals surface area (Å²) in [6, 6.07) is 12.7. The number of rotatable bonds is 4. The average Bonchev–Trinajstić information content (AvgIpc) is 3.04. The lowest BCUT2D eigenvalue weighted by Gasteiger charge is -2.09. The summed E-state index contributed by atoms with van der Waals surface area (Å²) < 4.78 is 18.1. The van der Waals surface area contributed by atoms with Gasteiger partial charge in [0, 0.05) is 10.9 Å². The molecule has 2 amide bonds. The molecule has 0 unspecified atom stereocenters. The number of urea groups is 1. The van der Waals surface area contributed by atoms with Crippen LogP contribution in [0.1, 0.15) is 0 Å². The molecular formula is C17H14FN3O2S. The summed E-state index contributed by atoms with van der Waals surface area (Å²) in [4.78, 5) is 16.4. The van der Waals surface area contributed by atoms with Gasteiger partial charge in [-0.05, 0) is 36.4 Å². The number of para-hydroxylation sites is 2. The standard InChI is InChI=1S/C17H14FN3O2S/c1-23-15-5-3-2-4-13(15)19-16(22)21-17-20-14(10-24-17)11-6-8-12(18)9-7-11/h2-10H,1H3,(H2,19,20,21,22). The Bertz CT molecular complexity index is 849. The Hall–Kier alpha value is -2.93. The third-order valence-corrected chi connectivity index (χ3v) is 3.98. The first kappa shape index (κ1) is 15.9. The molecule has 0 bridgehead atoms. The molecule has 2 N–H and O–H groups in total. The topological polar surface area (TPSA) is 63.2 Å². The van der Waals surface area contributed by atoms with E-state index in [4.69, 9.17) is 4.74 Å². The van der Waals surface area contributed by atoms with Gasteiger partial charge in [0.05, 0.1) is 18.5 Å². The van der Waals surface area contributed by atoms with Crippen molar-refractivity contribution in [1.82, 2.24) is 4.98 Å². The van der Waals surface area contributed by atoms with Crippen molar-refractivity contribution in [1.29, 1.82) is 0 Å². The number of anilines is 2. The summed E-state index contributed by atoms with van der Waals surface area (Å²) in [6.45, 7) is 0. The van der Waals surface area contributed by atoms with Crippen molar-refractivity contribution in [3.05, 3.63) is 59.7 Å². The molecule has 0 aliphatic rings. The molecule has 3 rings (SSSR count). The summed E-state index contributed by atoms with van der Waals surface area (Å²) in [5, 5.41) is 7.62. The van der Waals surface area contributed by atoms with Crippen molar-refractivity contribution in [3.63, 3.8) is 0 Å². The van der Waals surface area contributed by atoms with Gasteiger partial charge in [-0.1, -0.05) is 12.1 Å². The van der Waals surface area contributed by atoms with Gasteiger partial charge in [-0.3, -0.25) is 5.32 Å². The summed E-state index contributed by atoms with van der Waals surface area (Å²) in [5.41, 5.74) is 2.02. The Morgan fingerprint density at radius 3 is 2.62 bits per heavy atom. The number of carbonyl (C=O) groups is 1. The Labute approximate surface area is 142 Å². The van der Waals surface area contributed by atoms with Crippen molar-refractivity contribution in [3.8, 4) is 17.0 Å². The lowest BCUT2D eigenvalue weighted by atomic mass is 10.2. The lowest BCUT2D eigenvalue weighted by molar-refractivity contribution is 0.262. The fourth-order valence-corrected chi connectivity index (χ4v) is 2.80. The average molecular weight is 343 g/mol. The maximum absolute atomic E-state index is 13.0. The number of nitrogens with zero attached hydrogens (tertiary/aromatic N) is 1. The molecule has 0 radical (unpaired) electrons. The lowest BCUT2D eigenvalue weighted by Crippen LogP contribution is -2.19. The van der Waals surface area contributed by atoms with E-state index in [1.54, 1.807) is 35.7 Å². The quantitative estimate of drug-likeness (QED) is 0.727. The van der Waals surface area contributed by atoms with Crippen LogP contribution in [0.3, 0.4) is 0 Å². The van der Waals surface area contributed by atoms with E-state index in [-0.39, 0.29) is 5.82 Å². The van der Waals surface area contributed by atoms with Crippen LogP contribution in [0.5, 0.6) is 5.75 Å². The second-order valence-electron chi connectivity index (χ2n) is 4.82. The van der Waals surface area contributed by atoms with Gasteiger partial charge in [0.2, 0.25) is 0 Å². The molecule has 7 heteroatoms. The third-order valence-electron chi connectivity index (χ3n) is 3.22. The number of aromatic nitrogens is 1. The van der Waals surface area contributed by atoms with Gasteiger partial charge in [-0.15, -0.1) is 11.3 Å². The summed E-state index contributed by atoms with van der Waals surface area (Å²) in [6.07, 6.45) is 0. The van der Waals surface area contributed by atoms with Crippen LogP contribution in [0.15, 0.2) is 53.9 Å². The molecule has 0 saturated carbocycles. The molecule has 0 aliphatic heterocycles. The minimum atomic E-state index is -0.417. The van der Waals surface area contributed by atoms with Gasteiger partial charge in [-0.2, -0.15) is 0 Å². The molecule has 5 nitrogen and oxygen atoms in total. The van der Waals surface area contributed by atoms with E-state index >= 15 is 0 Å². The highest BCUT2D eigenvalue weighted by Gasteiger charge is 2.10. The Kier molecular flexibility index (Phi) is 4.72. The molecule has 24 heavy (non-hydrogen) atoms. The van der Waals surface area contributed by atoms with Crippen molar-refractivity contribution in [2.45, 2.75) is 0 Å². The van der Waals surface area contributed by atoms with Crippen molar-refractivity contribution >= 4 is 28.2 Å². The molecule has 1 aromatic heterocycles. The van der Waals surface area contributed by atoms with E-state index in [0.29, 0.717) is 22.3 Å². The normalized spacial score (nSPS) is 10.2. The number of halogens is 1. The first-order valence-electron chi connectivity index (χ1n) is 7.08. The van der Waals surface area contributed by atoms with Crippen LogP contribution in [0, 0.1) is 5.82 Å². The fourth-order valence-electron chi connectivity index (χ4n) is 2.08. The van der Waals surface area contributed by atoms with Crippen LogP contribution in [-0.2, 0) is 0 Å². The second kappa shape index (κ2) is 7.10. The summed E-state index contributed by atoms with van der Waals surface area (Å²) in [7, 11) is 1.54. The van der Waals surface area contributed by atoms with Crippen LogP contribution in [0.25, 0.3) is 11.3 Å². The first-order chi connectivity index (χ1) is 11.7.